The molecule has 18 heavy (non-hydrogen) atoms. The topological polar surface area (TPSA) is 38.5 Å². The van der Waals surface area contributed by atoms with Crippen LogP contribution in [0.4, 0.5) is 0 Å². The van der Waals surface area contributed by atoms with Crippen molar-refractivity contribution in [3.63, 3.8) is 0 Å². The summed E-state index contributed by atoms with van der Waals surface area (Å²) >= 11 is 5.51. The Hall–Kier alpha value is -1.10. The van der Waals surface area contributed by atoms with Crippen LogP contribution in [-0.4, -0.2) is 19.3 Å². The van der Waals surface area contributed by atoms with E-state index in [-0.39, 0.29) is 0 Å². The second-order valence-corrected chi connectivity index (χ2v) is 5.64. The zero-order valence-electron chi connectivity index (χ0n) is 11.1. The monoisotopic (exact) mass is 264 g/mol. The largest absolute Gasteiger partial charge is 0.328 e. The number of aryl methyl sites for hydroxylation is 2. The van der Waals surface area contributed by atoms with Gasteiger partial charge in [-0.1, -0.05) is 26.2 Å². The Morgan fingerprint density at radius 2 is 2.11 bits per heavy atom. The molecule has 2 aromatic heterocycles. The van der Waals surface area contributed by atoms with E-state index in [9.17, 15) is 0 Å². The summed E-state index contributed by atoms with van der Waals surface area (Å²) in [6, 6.07) is 0.566. The predicted octanol–water partition coefficient (Wildman–Crippen LogP) is 3.50. The molecular formula is C13H20N4S. The lowest BCUT2D eigenvalue weighted by atomic mass is 10.2. The van der Waals surface area contributed by atoms with E-state index in [0.29, 0.717) is 6.04 Å². The van der Waals surface area contributed by atoms with Crippen LogP contribution in [0.5, 0.6) is 0 Å². The number of hydrogen-bond donors (Lipinski definition) is 1. The molecule has 0 atom stereocenters. The summed E-state index contributed by atoms with van der Waals surface area (Å²) in [5, 5.41) is 4.63. The van der Waals surface area contributed by atoms with E-state index in [2.05, 4.69) is 21.6 Å². The zero-order chi connectivity index (χ0) is 12.7. The first kappa shape index (κ1) is 12.0. The Morgan fingerprint density at radius 3 is 2.78 bits per heavy atom. The maximum atomic E-state index is 5.51. The van der Waals surface area contributed by atoms with Crippen molar-refractivity contribution in [3.05, 3.63) is 10.5 Å². The van der Waals surface area contributed by atoms with Crippen molar-refractivity contribution in [1.82, 2.24) is 19.3 Å². The van der Waals surface area contributed by atoms with Crippen LogP contribution >= 0.6 is 12.2 Å². The van der Waals surface area contributed by atoms with Crippen molar-refractivity contribution in [2.75, 3.05) is 0 Å². The maximum absolute atomic E-state index is 5.51. The first-order valence-corrected chi connectivity index (χ1v) is 7.29. The van der Waals surface area contributed by atoms with E-state index >= 15 is 0 Å². The summed E-state index contributed by atoms with van der Waals surface area (Å²) in [5.41, 5.74) is 3.48. The number of rotatable bonds is 3. The highest BCUT2D eigenvalue weighted by Gasteiger charge is 2.23. The van der Waals surface area contributed by atoms with Gasteiger partial charge < -0.3 is 4.98 Å². The molecule has 0 amide bonds. The van der Waals surface area contributed by atoms with Crippen LogP contribution in [0, 0.1) is 4.77 Å². The van der Waals surface area contributed by atoms with Crippen LogP contribution < -0.4 is 0 Å². The molecule has 1 saturated carbocycles. The normalized spacial score (nSPS) is 17.0. The first-order valence-electron chi connectivity index (χ1n) is 6.88. The molecular weight excluding hydrogens is 244 g/mol. The number of aromatic nitrogens is 4. The van der Waals surface area contributed by atoms with Crippen molar-refractivity contribution >= 4 is 23.4 Å². The number of H-pyrrole nitrogens is 1. The maximum Gasteiger partial charge on any atom is 0.179 e. The Bertz CT molecular complexity index is 613. The molecule has 3 rings (SSSR count). The molecule has 2 heterocycles. The SMILES string of the molecule is CCCc1nn(C)c2c1[nH]c(=S)n2C1CCCC1. The quantitative estimate of drug-likeness (QED) is 0.862. The lowest BCUT2D eigenvalue weighted by Crippen LogP contribution is -2.08. The fraction of sp³-hybridized carbons (Fsp3) is 0.692. The Labute approximate surface area is 112 Å². The van der Waals surface area contributed by atoms with Crippen LogP contribution in [-0.2, 0) is 13.5 Å². The number of hydrogen-bond acceptors (Lipinski definition) is 2. The van der Waals surface area contributed by atoms with E-state index < -0.39 is 0 Å². The van der Waals surface area contributed by atoms with Crippen molar-refractivity contribution < 1.29 is 0 Å². The molecule has 1 aliphatic rings. The van der Waals surface area contributed by atoms with Gasteiger partial charge in [0.25, 0.3) is 0 Å². The molecule has 4 nitrogen and oxygen atoms in total. The number of imidazole rings is 1. The van der Waals surface area contributed by atoms with E-state index in [1.165, 1.54) is 31.3 Å². The number of fused-ring (bicyclic) bond motifs is 1. The second kappa shape index (κ2) is 4.53. The molecule has 0 radical (unpaired) electrons. The molecule has 0 unspecified atom stereocenters. The van der Waals surface area contributed by atoms with Gasteiger partial charge in [0.15, 0.2) is 10.4 Å². The summed E-state index contributed by atoms with van der Waals surface area (Å²) < 4.78 is 5.15. The highest BCUT2D eigenvalue weighted by atomic mass is 32.1. The van der Waals surface area contributed by atoms with Crippen molar-refractivity contribution in [3.8, 4) is 0 Å². The molecule has 98 valence electrons. The highest BCUT2D eigenvalue weighted by molar-refractivity contribution is 7.71. The number of aromatic amines is 1. The van der Waals surface area contributed by atoms with Gasteiger partial charge in [-0.25, -0.2) is 0 Å². The van der Waals surface area contributed by atoms with Gasteiger partial charge >= 0.3 is 0 Å². The third-order valence-electron chi connectivity index (χ3n) is 3.94. The second-order valence-electron chi connectivity index (χ2n) is 5.26. The number of nitrogens with zero attached hydrogens (tertiary/aromatic N) is 3. The van der Waals surface area contributed by atoms with Gasteiger partial charge in [0.2, 0.25) is 0 Å². The fourth-order valence-electron chi connectivity index (χ4n) is 3.15. The van der Waals surface area contributed by atoms with Crippen LogP contribution in [0.25, 0.3) is 11.2 Å². The van der Waals surface area contributed by atoms with Crippen molar-refractivity contribution in [2.45, 2.75) is 51.5 Å². The average molecular weight is 264 g/mol. The molecule has 5 heteroatoms. The fourth-order valence-corrected chi connectivity index (χ4v) is 3.49. The molecule has 0 saturated heterocycles. The summed E-state index contributed by atoms with van der Waals surface area (Å²) in [5.74, 6) is 0. The van der Waals surface area contributed by atoms with E-state index in [1.54, 1.807) is 0 Å². The third-order valence-corrected chi connectivity index (χ3v) is 4.24. The first-order chi connectivity index (χ1) is 8.72. The summed E-state index contributed by atoms with van der Waals surface area (Å²) in [6.07, 6.45) is 7.25. The van der Waals surface area contributed by atoms with E-state index in [4.69, 9.17) is 12.2 Å². The van der Waals surface area contributed by atoms with Crippen LogP contribution in [0.15, 0.2) is 0 Å². The van der Waals surface area contributed by atoms with Crippen LogP contribution in [0.2, 0.25) is 0 Å². The van der Waals surface area contributed by atoms with Crippen molar-refractivity contribution in [2.24, 2.45) is 7.05 Å². The molecule has 1 fully saturated rings. The summed E-state index contributed by atoms with van der Waals surface area (Å²) in [7, 11) is 2.02. The minimum Gasteiger partial charge on any atom is -0.328 e. The van der Waals surface area contributed by atoms with Crippen LogP contribution in [0.1, 0.15) is 50.8 Å². The minimum atomic E-state index is 0.566. The lowest BCUT2D eigenvalue weighted by Gasteiger charge is -2.12. The summed E-state index contributed by atoms with van der Waals surface area (Å²) in [6.45, 7) is 2.18. The molecule has 2 aromatic rings. The Kier molecular flexibility index (Phi) is 3.01. The highest BCUT2D eigenvalue weighted by Crippen LogP contribution is 2.33. The Morgan fingerprint density at radius 1 is 1.39 bits per heavy atom. The molecule has 0 aliphatic heterocycles. The molecule has 1 N–H and O–H groups in total. The molecule has 1 aliphatic carbocycles. The third kappa shape index (κ3) is 1.72. The van der Waals surface area contributed by atoms with Gasteiger partial charge in [-0.15, -0.1) is 0 Å². The molecule has 0 spiro atoms. The zero-order valence-corrected chi connectivity index (χ0v) is 11.9. The van der Waals surface area contributed by atoms with Gasteiger partial charge in [0.1, 0.15) is 5.52 Å². The van der Waals surface area contributed by atoms with Crippen LogP contribution in [0.3, 0.4) is 0 Å². The minimum absolute atomic E-state index is 0.566. The van der Waals surface area contributed by atoms with Gasteiger partial charge in [-0.3, -0.25) is 9.25 Å². The van der Waals surface area contributed by atoms with Crippen molar-refractivity contribution in [1.29, 1.82) is 0 Å². The van der Waals surface area contributed by atoms with Gasteiger partial charge in [-0.2, -0.15) is 5.10 Å². The lowest BCUT2D eigenvalue weighted by molar-refractivity contribution is 0.514. The smallest absolute Gasteiger partial charge is 0.179 e. The Balaban J connectivity index is 2.19. The standard InChI is InChI=1S/C13H20N4S/c1-3-6-10-11-12(16(2)15-10)17(13(18)14-11)9-7-4-5-8-9/h9H,3-8H2,1-2H3,(H,14,18). The predicted molar refractivity (Wildman–Crippen MR) is 75.4 cm³/mol. The van der Waals surface area contributed by atoms with Gasteiger partial charge in [0.05, 0.1) is 5.69 Å². The van der Waals surface area contributed by atoms with E-state index in [0.717, 1.165) is 28.8 Å². The molecule has 0 aromatic carbocycles. The summed E-state index contributed by atoms with van der Waals surface area (Å²) in [4.78, 5) is 3.37. The molecule has 0 bridgehead atoms. The average Bonchev–Trinajstić information content (AvgIpc) is 2.99. The number of nitrogens with one attached hydrogen (secondary N) is 1. The van der Waals surface area contributed by atoms with E-state index in [1.807, 2.05) is 11.7 Å². The van der Waals surface area contributed by atoms with Gasteiger partial charge in [-0.05, 0) is 31.5 Å². The van der Waals surface area contributed by atoms with Gasteiger partial charge in [0, 0.05) is 13.1 Å².